The van der Waals surface area contributed by atoms with Crippen molar-refractivity contribution in [3.05, 3.63) is 29.3 Å². The average Bonchev–Trinajstić information content (AvgIpc) is 2.77. The van der Waals surface area contributed by atoms with Crippen LogP contribution < -0.4 is 5.32 Å². The molecule has 7 heteroatoms. The molecule has 1 aliphatic heterocycles. The van der Waals surface area contributed by atoms with Crippen LogP contribution in [0.4, 0.5) is 23.7 Å². The van der Waals surface area contributed by atoms with E-state index in [4.69, 9.17) is 0 Å². The normalized spacial score (nSPS) is 19.2. The van der Waals surface area contributed by atoms with E-state index >= 15 is 0 Å². The van der Waals surface area contributed by atoms with Crippen LogP contribution in [0.25, 0.3) is 0 Å². The maximum absolute atomic E-state index is 12.8. The van der Waals surface area contributed by atoms with Crippen LogP contribution in [0, 0.1) is 6.92 Å². The second kappa shape index (κ2) is 5.32. The summed E-state index contributed by atoms with van der Waals surface area (Å²) in [6.45, 7) is 1.91. The molecule has 1 heterocycles. The number of alkyl halides is 3. The number of likely N-dealkylation sites (tertiary alicyclic amines) is 1. The van der Waals surface area contributed by atoms with Crippen LogP contribution in [-0.2, 0) is 6.18 Å². The van der Waals surface area contributed by atoms with Crippen LogP contribution in [0.1, 0.15) is 17.5 Å². The van der Waals surface area contributed by atoms with Crippen molar-refractivity contribution < 1.29 is 23.1 Å². The Labute approximate surface area is 114 Å². The highest BCUT2D eigenvalue weighted by molar-refractivity contribution is 5.90. The van der Waals surface area contributed by atoms with E-state index in [9.17, 15) is 23.1 Å². The predicted molar refractivity (Wildman–Crippen MR) is 67.4 cm³/mol. The van der Waals surface area contributed by atoms with E-state index < -0.39 is 23.9 Å². The van der Waals surface area contributed by atoms with Crippen LogP contribution in [0.2, 0.25) is 0 Å². The number of nitrogens with zero attached hydrogens (tertiary/aromatic N) is 1. The van der Waals surface area contributed by atoms with Gasteiger partial charge in [0.25, 0.3) is 0 Å². The number of carbonyl (C=O) groups excluding carboxylic acids is 1. The number of anilines is 1. The Morgan fingerprint density at radius 3 is 2.70 bits per heavy atom. The van der Waals surface area contributed by atoms with Gasteiger partial charge in [0.05, 0.1) is 11.7 Å². The summed E-state index contributed by atoms with van der Waals surface area (Å²) in [6.07, 6.45) is -4.53. The van der Waals surface area contributed by atoms with Gasteiger partial charge in [-0.05, 0) is 31.0 Å². The van der Waals surface area contributed by atoms with E-state index in [0.29, 0.717) is 13.0 Å². The molecule has 1 aliphatic rings. The topological polar surface area (TPSA) is 52.6 Å². The van der Waals surface area contributed by atoms with Gasteiger partial charge in [-0.1, -0.05) is 6.07 Å². The Morgan fingerprint density at radius 1 is 1.45 bits per heavy atom. The summed E-state index contributed by atoms with van der Waals surface area (Å²) < 4.78 is 38.3. The fourth-order valence-electron chi connectivity index (χ4n) is 2.20. The van der Waals surface area contributed by atoms with Crippen LogP contribution >= 0.6 is 0 Å². The Hall–Kier alpha value is -1.76. The van der Waals surface area contributed by atoms with Gasteiger partial charge in [0.15, 0.2) is 0 Å². The number of hydrogen-bond acceptors (Lipinski definition) is 2. The van der Waals surface area contributed by atoms with Gasteiger partial charge in [-0.15, -0.1) is 0 Å². The molecule has 1 fully saturated rings. The molecule has 1 saturated heterocycles. The lowest BCUT2D eigenvalue weighted by molar-refractivity contribution is -0.138. The molecule has 2 rings (SSSR count). The molecule has 0 radical (unpaired) electrons. The first-order valence-electron chi connectivity index (χ1n) is 6.20. The highest BCUT2D eigenvalue weighted by Gasteiger charge is 2.33. The molecule has 1 aromatic carbocycles. The first-order chi connectivity index (χ1) is 9.29. The van der Waals surface area contributed by atoms with E-state index in [-0.39, 0.29) is 17.8 Å². The smallest absolute Gasteiger partial charge is 0.391 e. The molecule has 2 N–H and O–H groups in total. The van der Waals surface area contributed by atoms with Crippen molar-refractivity contribution >= 4 is 11.7 Å². The number of rotatable bonds is 1. The SMILES string of the molecule is Cc1c(NC(=O)N2CC[C@H](O)C2)cccc1C(F)(F)F. The maximum Gasteiger partial charge on any atom is 0.416 e. The third kappa shape index (κ3) is 3.04. The minimum atomic E-state index is -4.45. The molecule has 20 heavy (non-hydrogen) atoms. The lowest BCUT2D eigenvalue weighted by Crippen LogP contribution is -2.33. The van der Waals surface area contributed by atoms with Gasteiger partial charge in [0, 0.05) is 18.8 Å². The van der Waals surface area contributed by atoms with E-state index in [1.807, 2.05) is 0 Å². The molecule has 0 spiro atoms. The third-order valence-corrected chi connectivity index (χ3v) is 3.33. The van der Waals surface area contributed by atoms with Gasteiger partial charge < -0.3 is 15.3 Å². The molecule has 2 amide bonds. The summed E-state index contributed by atoms with van der Waals surface area (Å²) >= 11 is 0. The standard InChI is InChI=1S/C13H15F3N2O2/c1-8-10(13(14,15)16)3-2-4-11(8)17-12(20)18-6-5-9(19)7-18/h2-4,9,19H,5-7H2,1H3,(H,17,20)/t9-/m0/s1. The molecule has 1 aromatic rings. The Morgan fingerprint density at radius 2 is 2.15 bits per heavy atom. The number of halogens is 3. The highest BCUT2D eigenvalue weighted by Crippen LogP contribution is 2.34. The minimum absolute atomic E-state index is 0.0203. The van der Waals surface area contributed by atoms with Crippen LogP contribution in [0.15, 0.2) is 18.2 Å². The average molecular weight is 288 g/mol. The Kier molecular flexibility index (Phi) is 3.89. The van der Waals surface area contributed by atoms with Gasteiger partial charge in [0.1, 0.15) is 0 Å². The monoisotopic (exact) mass is 288 g/mol. The first kappa shape index (κ1) is 14.6. The second-order valence-electron chi connectivity index (χ2n) is 4.79. The molecule has 110 valence electrons. The van der Waals surface area contributed by atoms with Crippen LogP contribution in [0.3, 0.4) is 0 Å². The van der Waals surface area contributed by atoms with E-state index in [0.717, 1.165) is 6.07 Å². The molecule has 0 aromatic heterocycles. The van der Waals surface area contributed by atoms with Crippen molar-refractivity contribution in [1.29, 1.82) is 0 Å². The van der Waals surface area contributed by atoms with Crippen molar-refractivity contribution in [1.82, 2.24) is 4.90 Å². The zero-order valence-electron chi connectivity index (χ0n) is 10.9. The van der Waals surface area contributed by atoms with Crippen molar-refractivity contribution in [3.63, 3.8) is 0 Å². The number of urea groups is 1. The van der Waals surface area contributed by atoms with Crippen LogP contribution in [-0.4, -0.2) is 35.2 Å². The second-order valence-corrected chi connectivity index (χ2v) is 4.79. The van der Waals surface area contributed by atoms with Crippen LogP contribution in [0.5, 0.6) is 0 Å². The van der Waals surface area contributed by atoms with Crippen molar-refractivity contribution in [2.75, 3.05) is 18.4 Å². The molecular weight excluding hydrogens is 273 g/mol. The number of aliphatic hydroxyl groups excluding tert-OH is 1. The minimum Gasteiger partial charge on any atom is -0.391 e. The number of nitrogens with one attached hydrogen (secondary N) is 1. The third-order valence-electron chi connectivity index (χ3n) is 3.33. The van der Waals surface area contributed by atoms with Gasteiger partial charge in [-0.25, -0.2) is 4.79 Å². The fraction of sp³-hybridized carbons (Fsp3) is 0.462. The fourth-order valence-corrected chi connectivity index (χ4v) is 2.20. The number of amides is 2. The number of carbonyl (C=O) groups is 1. The van der Waals surface area contributed by atoms with E-state index in [2.05, 4.69) is 5.32 Å². The molecular formula is C13H15F3N2O2. The summed E-state index contributed by atoms with van der Waals surface area (Å²) in [4.78, 5) is 13.3. The number of hydrogen-bond donors (Lipinski definition) is 2. The molecule has 0 bridgehead atoms. The first-order valence-corrected chi connectivity index (χ1v) is 6.20. The van der Waals surface area contributed by atoms with Crippen molar-refractivity contribution in [2.45, 2.75) is 25.6 Å². The van der Waals surface area contributed by atoms with Gasteiger partial charge >= 0.3 is 12.2 Å². The predicted octanol–water partition coefficient (Wildman–Crippen LogP) is 2.61. The maximum atomic E-state index is 12.8. The summed E-state index contributed by atoms with van der Waals surface area (Å²) in [7, 11) is 0. The zero-order valence-corrected chi connectivity index (χ0v) is 10.9. The van der Waals surface area contributed by atoms with Gasteiger partial charge in [0.2, 0.25) is 0 Å². The summed E-state index contributed by atoms with van der Waals surface area (Å²) in [5.41, 5.74) is -0.656. The zero-order chi connectivity index (χ0) is 14.9. The highest BCUT2D eigenvalue weighted by atomic mass is 19.4. The van der Waals surface area contributed by atoms with Crippen molar-refractivity contribution in [2.24, 2.45) is 0 Å². The molecule has 0 aliphatic carbocycles. The molecule has 4 nitrogen and oxygen atoms in total. The Bertz CT molecular complexity index is 517. The lowest BCUT2D eigenvalue weighted by Gasteiger charge is -2.19. The van der Waals surface area contributed by atoms with Gasteiger partial charge in [-0.2, -0.15) is 13.2 Å². The quantitative estimate of drug-likeness (QED) is 0.834. The summed E-state index contributed by atoms with van der Waals surface area (Å²) in [5, 5.41) is 11.8. The molecule has 1 atom stereocenters. The Balaban J connectivity index is 2.16. The van der Waals surface area contributed by atoms with Gasteiger partial charge in [-0.3, -0.25) is 0 Å². The summed E-state index contributed by atoms with van der Waals surface area (Å²) in [5.74, 6) is 0. The largest absolute Gasteiger partial charge is 0.416 e. The number of benzene rings is 1. The molecule has 0 unspecified atom stereocenters. The summed E-state index contributed by atoms with van der Waals surface area (Å²) in [6, 6.07) is 3.16. The van der Waals surface area contributed by atoms with E-state index in [1.165, 1.54) is 24.0 Å². The number of β-amino-alcohol motifs (C(OH)–C–C–N with tert-alkyl or cyclic N) is 1. The lowest BCUT2D eigenvalue weighted by atomic mass is 10.1. The van der Waals surface area contributed by atoms with E-state index in [1.54, 1.807) is 0 Å². The number of aliphatic hydroxyl groups is 1. The molecule has 0 saturated carbocycles. The van der Waals surface area contributed by atoms with Crippen molar-refractivity contribution in [3.8, 4) is 0 Å².